The van der Waals surface area contributed by atoms with E-state index in [0.29, 0.717) is 28.9 Å². The molecule has 1 aliphatic rings. The third-order valence-corrected chi connectivity index (χ3v) is 4.95. The average molecular weight is 393 g/mol. The van der Waals surface area contributed by atoms with Crippen LogP contribution in [0, 0.1) is 6.92 Å². The first-order valence-electron chi connectivity index (χ1n) is 9.69. The van der Waals surface area contributed by atoms with Gasteiger partial charge in [-0.1, -0.05) is 18.2 Å². The first kappa shape index (κ1) is 19.1. The van der Waals surface area contributed by atoms with Crippen LogP contribution < -0.4 is 15.6 Å². The highest BCUT2D eigenvalue weighted by molar-refractivity contribution is 5.91. The number of aromatic nitrogens is 2. The molecule has 1 N–H and O–H groups in total. The molecule has 1 aliphatic heterocycles. The van der Waals surface area contributed by atoms with E-state index in [1.54, 1.807) is 18.2 Å². The number of anilines is 1. The van der Waals surface area contributed by atoms with Crippen molar-refractivity contribution in [3.63, 3.8) is 0 Å². The van der Waals surface area contributed by atoms with Crippen molar-refractivity contribution >= 4 is 22.5 Å². The Bertz CT molecular complexity index is 1090. The van der Waals surface area contributed by atoms with E-state index >= 15 is 0 Å². The topological polar surface area (TPSA) is 82.5 Å². The number of carbonyl (C=O) groups is 1. The van der Waals surface area contributed by atoms with Crippen molar-refractivity contribution in [1.82, 2.24) is 9.55 Å². The number of benzene rings is 2. The maximum atomic E-state index is 12.6. The van der Waals surface area contributed by atoms with Crippen molar-refractivity contribution in [2.24, 2.45) is 0 Å². The summed E-state index contributed by atoms with van der Waals surface area (Å²) in [4.78, 5) is 29.4. The van der Waals surface area contributed by atoms with Gasteiger partial charge in [0.15, 0.2) is 0 Å². The van der Waals surface area contributed by atoms with Gasteiger partial charge < -0.3 is 14.8 Å². The van der Waals surface area contributed by atoms with E-state index in [9.17, 15) is 9.59 Å². The largest absolute Gasteiger partial charge is 0.491 e. The van der Waals surface area contributed by atoms with Crippen molar-refractivity contribution in [2.45, 2.75) is 32.4 Å². The Morgan fingerprint density at radius 1 is 1.31 bits per heavy atom. The van der Waals surface area contributed by atoms with Crippen LogP contribution in [0.25, 0.3) is 10.9 Å². The van der Waals surface area contributed by atoms with Gasteiger partial charge in [-0.2, -0.15) is 0 Å². The fourth-order valence-electron chi connectivity index (χ4n) is 3.43. The highest BCUT2D eigenvalue weighted by Gasteiger charge is 2.16. The molecule has 7 nitrogen and oxygen atoms in total. The molecule has 3 aromatic rings. The van der Waals surface area contributed by atoms with E-state index in [-0.39, 0.29) is 24.1 Å². The summed E-state index contributed by atoms with van der Waals surface area (Å²) < 4.78 is 12.6. The lowest BCUT2D eigenvalue weighted by molar-refractivity contribution is -0.116. The Morgan fingerprint density at radius 3 is 3.00 bits per heavy atom. The van der Waals surface area contributed by atoms with Crippen molar-refractivity contribution in [2.75, 3.05) is 18.5 Å². The second-order valence-electron chi connectivity index (χ2n) is 7.17. The quantitative estimate of drug-likeness (QED) is 0.696. The number of hydrogen-bond donors (Lipinski definition) is 1. The van der Waals surface area contributed by atoms with Crippen molar-refractivity contribution in [3.8, 4) is 5.75 Å². The molecule has 1 saturated heterocycles. The zero-order valence-corrected chi connectivity index (χ0v) is 16.3. The second kappa shape index (κ2) is 8.45. The van der Waals surface area contributed by atoms with Crippen LogP contribution >= 0.6 is 0 Å². The van der Waals surface area contributed by atoms with Gasteiger partial charge in [-0.3, -0.25) is 14.2 Å². The number of rotatable bonds is 6. The molecule has 1 fully saturated rings. The summed E-state index contributed by atoms with van der Waals surface area (Å²) >= 11 is 0. The molecule has 4 rings (SSSR count). The Hall–Kier alpha value is -3.19. The van der Waals surface area contributed by atoms with Gasteiger partial charge in [0, 0.05) is 18.4 Å². The molecule has 1 amide bonds. The maximum Gasteiger partial charge on any atom is 0.261 e. The minimum Gasteiger partial charge on any atom is -0.491 e. The minimum absolute atomic E-state index is 0.114. The summed E-state index contributed by atoms with van der Waals surface area (Å²) in [6.45, 7) is 3.07. The lowest BCUT2D eigenvalue weighted by atomic mass is 10.1. The van der Waals surface area contributed by atoms with Gasteiger partial charge >= 0.3 is 0 Å². The van der Waals surface area contributed by atoms with E-state index in [1.165, 1.54) is 10.9 Å². The van der Waals surface area contributed by atoms with Crippen LogP contribution in [-0.2, 0) is 16.1 Å². The minimum atomic E-state index is -0.308. The molecule has 7 heteroatoms. The van der Waals surface area contributed by atoms with Gasteiger partial charge in [0.05, 0.1) is 23.3 Å². The van der Waals surface area contributed by atoms with E-state index < -0.39 is 0 Å². The van der Waals surface area contributed by atoms with Gasteiger partial charge in [0.2, 0.25) is 5.91 Å². The number of ether oxygens (including phenoxy) is 2. The van der Waals surface area contributed by atoms with Crippen LogP contribution in [0.1, 0.15) is 18.4 Å². The molecule has 0 aliphatic carbocycles. The van der Waals surface area contributed by atoms with Crippen LogP contribution in [-0.4, -0.2) is 34.8 Å². The van der Waals surface area contributed by atoms with Gasteiger partial charge in [-0.25, -0.2) is 4.98 Å². The third-order valence-electron chi connectivity index (χ3n) is 4.95. The number of carbonyl (C=O) groups excluding carboxylic acids is 1. The SMILES string of the molecule is Cc1cccc2c(=O)n(CC(=O)Nc3cccc(OCC4CCCO4)c3)cnc12. The molecule has 0 radical (unpaired) electrons. The van der Waals surface area contributed by atoms with Crippen LogP contribution in [0.15, 0.2) is 53.6 Å². The highest BCUT2D eigenvalue weighted by atomic mass is 16.5. The number of nitrogens with one attached hydrogen (secondary N) is 1. The smallest absolute Gasteiger partial charge is 0.261 e. The lowest BCUT2D eigenvalue weighted by Crippen LogP contribution is -2.28. The number of amides is 1. The van der Waals surface area contributed by atoms with Crippen LogP contribution in [0.3, 0.4) is 0 Å². The van der Waals surface area contributed by atoms with E-state index in [4.69, 9.17) is 9.47 Å². The van der Waals surface area contributed by atoms with Crippen molar-refractivity contribution in [1.29, 1.82) is 0 Å². The van der Waals surface area contributed by atoms with Crippen molar-refractivity contribution in [3.05, 3.63) is 64.7 Å². The molecule has 0 saturated carbocycles. The van der Waals surface area contributed by atoms with Crippen LogP contribution in [0.4, 0.5) is 5.69 Å². The number of para-hydroxylation sites is 1. The Kier molecular flexibility index (Phi) is 5.57. The number of fused-ring (bicyclic) bond motifs is 1. The third kappa shape index (κ3) is 4.46. The first-order chi connectivity index (χ1) is 14.1. The molecule has 1 atom stereocenters. The summed E-state index contributed by atoms with van der Waals surface area (Å²) in [5.41, 5.74) is 1.96. The van der Waals surface area contributed by atoms with Gasteiger partial charge in [-0.15, -0.1) is 0 Å². The number of nitrogens with zero attached hydrogens (tertiary/aromatic N) is 2. The van der Waals surface area contributed by atoms with E-state index in [2.05, 4.69) is 10.3 Å². The summed E-state index contributed by atoms with van der Waals surface area (Å²) in [5.74, 6) is 0.357. The Labute approximate surface area is 168 Å². The van der Waals surface area contributed by atoms with Gasteiger partial charge in [-0.05, 0) is 43.5 Å². The Morgan fingerprint density at radius 2 is 2.17 bits per heavy atom. The fraction of sp³-hybridized carbons (Fsp3) is 0.318. The fourth-order valence-corrected chi connectivity index (χ4v) is 3.43. The summed E-state index contributed by atoms with van der Waals surface area (Å²) in [6, 6.07) is 12.6. The highest BCUT2D eigenvalue weighted by Crippen LogP contribution is 2.20. The summed E-state index contributed by atoms with van der Waals surface area (Å²) in [7, 11) is 0. The molecule has 0 spiro atoms. The first-order valence-corrected chi connectivity index (χ1v) is 9.69. The summed E-state index contributed by atoms with van der Waals surface area (Å²) in [5, 5.41) is 3.31. The predicted octanol–water partition coefficient (Wildman–Crippen LogP) is 2.90. The molecule has 2 aromatic carbocycles. The van der Waals surface area contributed by atoms with Gasteiger partial charge in [0.1, 0.15) is 18.9 Å². The van der Waals surface area contributed by atoms with Crippen LogP contribution in [0.2, 0.25) is 0 Å². The second-order valence-corrected chi connectivity index (χ2v) is 7.17. The van der Waals surface area contributed by atoms with E-state index in [1.807, 2.05) is 31.2 Å². The predicted molar refractivity (Wildman–Crippen MR) is 110 cm³/mol. The molecule has 1 unspecified atom stereocenters. The van der Waals surface area contributed by atoms with Crippen molar-refractivity contribution < 1.29 is 14.3 Å². The lowest BCUT2D eigenvalue weighted by Gasteiger charge is -2.13. The molecule has 2 heterocycles. The number of aryl methyl sites for hydroxylation is 1. The van der Waals surface area contributed by atoms with Gasteiger partial charge in [0.25, 0.3) is 5.56 Å². The molecule has 1 aromatic heterocycles. The zero-order chi connectivity index (χ0) is 20.2. The molecule has 150 valence electrons. The van der Waals surface area contributed by atoms with Crippen LogP contribution in [0.5, 0.6) is 5.75 Å². The Balaban J connectivity index is 1.42. The standard InChI is InChI=1S/C22H23N3O4/c1-15-5-2-9-19-21(15)23-14-25(22(19)27)12-20(26)24-16-6-3-7-17(11-16)29-13-18-8-4-10-28-18/h2-3,5-7,9,11,14,18H,4,8,10,12-13H2,1H3,(H,24,26). The number of hydrogen-bond acceptors (Lipinski definition) is 5. The average Bonchev–Trinajstić information content (AvgIpc) is 3.23. The molecular formula is C22H23N3O4. The molecule has 29 heavy (non-hydrogen) atoms. The summed E-state index contributed by atoms with van der Waals surface area (Å²) in [6.07, 6.45) is 3.61. The normalized spacial score (nSPS) is 16.1. The maximum absolute atomic E-state index is 12.6. The monoisotopic (exact) mass is 393 g/mol. The molecule has 0 bridgehead atoms. The van der Waals surface area contributed by atoms with E-state index in [0.717, 1.165) is 25.0 Å². The zero-order valence-electron chi connectivity index (χ0n) is 16.3. The molecular weight excluding hydrogens is 370 g/mol.